The number of thiophene rings is 1. The van der Waals surface area contributed by atoms with Crippen molar-refractivity contribution < 1.29 is 8.78 Å². The molecule has 0 saturated carbocycles. The molecule has 0 radical (unpaired) electrons. The standard InChI is InChI=1S/C14H13F2NS2/c15-10-3-8(4-11(16)6-10)14(17)13-5-9-7-18-2-1-12(9)19-13/h3-6,14H,1-2,7,17H2. The van der Waals surface area contributed by atoms with Crippen molar-refractivity contribution in [3.63, 3.8) is 0 Å². The van der Waals surface area contributed by atoms with Crippen LogP contribution < -0.4 is 5.73 Å². The first kappa shape index (κ1) is 13.1. The minimum Gasteiger partial charge on any atom is -0.320 e. The highest BCUT2D eigenvalue weighted by Gasteiger charge is 2.19. The average molecular weight is 297 g/mol. The van der Waals surface area contributed by atoms with Gasteiger partial charge < -0.3 is 5.73 Å². The SMILES string of the molecule is NC(c1cc(F)cc(F)c1)c1cc2c(s1)CCSC2. The molecule has 5 heteroatoms. The Morgan fingerprint density at radius 3 is 2.53 bits per heavy atom. The first-order chi connectivity index (χ1) is 9.13. The van der Waals surface area contributed by atoms with Gasteiger partial charge in [-0.3, -0.25) is 0 Å². The molecule has 1 aromatic heterocycles. The second-order valence-corrected chi connectivity index (χ2v) is 6.85. The summed E-state index contributed by atoms with van der Waals surface area (Å²) in [6.45, 7) is 0. The number of hydrogen-bond acceptors (Lipinski definition) is 3. The van der Waals surface area contributed by atoms with Crippen LogP contribution in [0.15, 0.2) is 24.3 Å². The Morgan fingerprint density at radius 2 is 1.84 bits per heavy atom. The van der Waals surface area contributed by atoms with Gasteiger partial charge in [0.25, 0.3) is 0 Å². The first-order valence-corrected chi connectivity index (χ1v) is 8.01. The molecule has 0 bridgehead atoms. The molecular weight excluding hydrogens is 284 g/mol. The Labute approximate surface area is 118 Å². The van der Waals surface area contributed by atoms with Crippen LogP contribution in [0.1, 0.15) is 26.9 Å². The second kappa shape index (κ2) is 5.23. The number of benzene rings is 1. The summed E-state index contributed by atoms with van der Waals surface area (Å²) >= 11 is 3.58. The van der Waals surface area contributed by atoms with Gasteiger partial charge in [-0.2, -0.15) is 11.8 Å². The fraction of sp³-hybridized carbons (Fsp3) is 0.286. The van der Waals surface area contributed by atoms with Gasteiger partial charge in [-0.05, 0) is 41.5 Å². The van der Waals surface area contributed by atoms with Crippen LogP contribution in [0.4, 0.5) is 8.78 Å². The van der Waals surface area contributed by atoms with Crippen LogP contribution in [-0.2, 0) is 12.2 Å². The third-order valence-corrected chi connectivity index (χ3v) is 5.53. The van der Waals surface area contributed by atoms with Gasteiger partial charge in [-0.15, -0.1) is 11.3 Å². The van der Waals surface area contributed by atoms with Crippen LogP contribution in [0.5, 0.6) is 0 Å². The molecule has 0 spiro atoms. The monoisotopic (exact) mass is 297 g/mol. The van der Waals surface area contributed by atoms with Crippen molar-refractivity contribution in [2.75, 3.05) is 5.75 Å². The lowest BCUT2D eigenvalue weighted by molar-refractivity contribution is 0.577. The van der Waals surface area contributed by atoms with E-state index in [0.717, 1.165) is 28.9 Å². The van der Waals surface area contributed by atoms with E-state index < -0.39 is 17.7 Å². The molecule has 3 rings (SSSR count). The van der Waals surface area contributed by atoms with Gasteiger partial charge in [0.2, 0.25) is 0 Å². The van der Waals surface area contributed by atoms with E-state index in [1.165, 1.54) is 22.6 Å². The Balaban J connectivity index is 1.94. The highest BCUT2D eigenvalue weighted by molar-refractivity contribution is 7.98. The summed E-state index contributed by atoms with van der Waals surface area (Å²) in [6, 6.07) is 5.11. The summed E-state index contributed by atoms with van der Waals surface area (Å²) in [5.74, 6) is 0.983. The van der Waals surface area contributed by atoms with Gasteiger partial charge in [0.05, 0.1) is 6.04 Å². The largest absolute Gasteiger partial charge is 0.320 e. The minimum atomic E-state index is -0.581. The number of fused-ring (bicyclic) bond motifs is 1. The Kier molecular flexibility index (Phi) is 3.60. The van der Waals surface area contributed by atoms with Gasteiger partial charge in [-0.1, -0.05) is 0 Å². The van der Waals surface area contributed by atoms with Crippen molar-refractivity contribution in [1.82, 2.24) is 0 Å². The smallest absolute Gasteiger partial charge is 0.126 e. The molecule has 0 amide bonds. The van der Waals surface area contributed by atoms with E-state index in [2.05, 4.69) is 6.07 Å². The predicted molar refractivity (Wildman–Crippen MR) is 76.6 cm³/mol. The van der Waals surface area contributed by atoms with Crippen molar-refractivity contribution in [3.8, 4) is 0 Å². The molecule has 1 unspecified atom stereocenters. The number of aryl methyl sites for hydroxylation is 1. The number of thioether (sulfide) groups is 1. The first-order valence-electron chi connectivity index (χ1n) is 6.04. The molecule has 1 aliphatic heterocycles. The number of halogens is 2. The van der Waals surface area contributed by atoms with Crippen LogP contribution in [0.2, 0.25) is 0 Å². The molecule has 1 aromatic carbocycles. The molecule has 1 nitrogen and oxygen atoms in total. The Hall–Kier alpha value is -0.910. The molecule has 2 heterocycles. The molecule has 19 heavy (non-hydrogen) atoms. The van der Waals surface area contributed by atoms with E-state index >= 15 is 0 Å². The topological polar surface area (TPSA) is 26.0 Å². The fourth-order valence-corrected chi connectivity index (χ4v) is 4.65. The van der Waals surface area contributed by atoms with Crippen molar-refractivity contribution in [1.29, 1.82) is 0 Å². The van der Waals surface area contributed by atoms with Crippen LogP contribution >= 0.6 is 23.1 Å². The molecule has 2 N–H and O–H groups in total. The van der Waals surface area contributed by atoms with Crippen LogP contribution in [-0.4, -0.2) is 5.75 Å². The van der Waals surface area contributed by atoms with E-state index in [4.69, 9.17) is 5.73 Å². The van der Waals surface area contributed by atoms with Crippen molar-refractivity contribution >= 4 is 23.1 Å². The summed E-state index contributed by atoms with van der Waals surface area (Å²) in [4.78, 5) is 2.35. The maximum absolute atomic E-state index is 13.2. The van der Waals surface area contributed by atoms with Gasteiger partial charge >= 0.3 is 0 Å². The maximum atomic E-state index is 13.2. The summed E-state index contributed by atoms with van der Waals surface area (Å²) in [6.07, 6.45) is 1.06. The van der Waals surface area contributed by atoms with Crippen molar-refractivity contribution in [3.05, 3.63) is 56.8 Å². The van der Waals surface area contributed by atoms with E-state index in [1.54, 1.807) is 11.3 Å². The number of hydrogen-bond donors (Lipinski definition) is 1. The lowest BCUT2D eigenvalue weighted by Gasteiger charge is -2.10. The molecule has 100 valence electrons. The normalized spacial score (nSPS) is 16.2. The Morgan fingerprint density at radius 1 is 1.11 bits per heavy atom. The van der Waals surface area contributed by atoms with E-state index in [0.29, 0.717) is 5.56 Å². The number of rotatable bonds is 2. The van der Waals surface area contributed by atoms with Gasteiger partial charge in [-0.25, -0.2) is 8.78 Å². The number of nitrogens with two attached hydrogens (primary N) is 1. The molecule has 0 aliphatic carbocycles. The third-order valence-electron chi connectivity index (χ3n) is 3.20. The molecule has 1 aliphatic rings. The molecule has 0 saturated heterocycles. The predicted octanol–water partition coefficient (Wildman–Crippen LogP) is 3.86. The lowest BCUT2D eigenvalue weighted by Crippen LogP contribution is -2.10. The van der Waals surface area contributed by atoms with Crippen LogP contribution in [0.3, 0.4) is 0 Å². The summed E-state index contributed by atoms with van der Waals surface area (Å²) < 4.78 is 26.5. The third kappa shape index (κ3) is 2.68. The zero-order chi connectivity index (χ0) is 13.4. The molecule has 0 fully saturated rings. The summed E-state index contributed by atoms with van der Waals surface area (Å²) in [7, 11) is 0. The molecule has 2 aromatic rings. The molecule has 1 atom stereocenters. The Bertz CT molecular complexity index is 566. The summed E-state index contributed by atoms with van der Waals surface area (Å²) in [5.41, 5.74) is 7.95. The lowest BCUT2D eigenvalue weighted by atomic mass is 10.1. The van der Waals surface area contributed by atoms with Crippen LogP contribution in [0, 0.1) is 11.6 Å². The fourth-order valence-electron chi connectivity index (χ4n) is 2.24. The van der Waals surface area contributed by atoms with Gasteiger partial charge in [0.15, 0.2) is 0 Å². The van der Waals surface area contributed by atoms with Gasteiger partial charge in [0, 0.05) is 21.6 Å². The van der Waals surface area contributed by atoms with Crippen LogP contribution in [0.25, 0.3) is 0 Å². The van der Waals surface area contributed by atoms with E-state index in [9.17, 15) is 8.78 Å². The second-order valence-electron chi connectivity index (χ2n) is 4.58. The van der Waals surface area contributed by atoms with E-state index in [-0.39, 0.29) is 0 Å². The quantitative estimate of drug-likeness (QED) is 0.911. The van der Waals surface area contributed by atoms with Crippen molar-refractivity contribution in [2.24, 2.45) is 5.73 Å². The highest BCUT2D eigenvalue weighted by Crippen LogP contribution is 2.35. The zero-order valence-electron chi connectivity index (χ0n) is 10.2. The molecular formula is C14H13F2NS2. The van der Waals surface area contributed by atoms with Gasteiger partial charge in [0.1, 0.15) is 11.6 Å². The highest BCUT2D eigenvalue weighted by atomic mass is 32.2. The summed E-state index contributed by atoms with van der Waals surface area (Å²) in [5, 5.41) is 0. The maximum Gasteiger partial charge on any atom is 0.126 e. The minimum absolute atomic E-state index is 0.453. The van der Waals surface area contributed by atoms with Crippen molar-refractivity contribution in [2.45, 2.75) is 18.2 Å². The zero-order valence-corrected chi connectivity index (χ0v) is 11.8. The average Bonchev–Trinajstić information content (AvgIpc) is 2.80. The van der Waals surface area contributed by atoms with E-state index in [1.807, 2.05) is 11.8 Å².